The van der Waals surface area contributed by atoms with E-state index in [0.717, 1.165) is 31.9 Å². The fourth-order valence-electron chi connectivity index (χ4n) is 4.01. The van der Waals surface area contributed by atoms with Crippen molar-refractivity contribution in [1.82, 2.24) is 9.97 Å². The summed E-state index contributed by atoms with van der Waals surface area (Å²) >= 11 is 0. The molecular weight excluding hydrogens is 389 g/mol. The van der Waals surface area contributed by atoms with Crippen molar-refractivity contribution >= 4 is 23.6 Å². The lowest BCUT2D eigenvalue weighted by molar-refractivity contribution is -0.122. The molecule has 2 fully saturated rings. The summed E-state index contributed by atoms with van der Waals surface area (Å²) in [6.07, 6.45) is 4.60. The maximum Gasteiger partial charge on any atom is 0.414 e. The van der Waals surface area contributed by atoms with Crippen LogP contribution in [0.1, 0.15) is 32.1 Å². The van der Waals surface area contributed by atoms with Crippen molar-refractivity contribution in [3.8, 4) is 11.3 Å². The molecule has 2 heterocycles. The zero-order valence-electron chi connectivity index (χ0n) is 16.5. The van der Waals surface area contributed by atoms with Crippen molar-refractivity contribution in [3.63, 3.8) is 0 Å². The molecule has 1 saturated carbocycles. The minimum absolute atomic E-state index is 0.00372. The van der Waals surface area contributed by atoms with Crippen LogP contribution in [-0.2, 0) is 9.53 Å². The van der Waals surface area contributed by atoms with Crippen LogP contribution < -0.4 is 16.0 Å². The van der Waals surface area contributed by atoms with Crippen LogP contribution in [-0.4, -0.2) is 41.2 Å². The maximum atomic E-state index is 14.5. The number of hydrogen-bond donors (Lipinski definition) is 2. The van der Waals surface area contributed by atoms with Crippen LogP contribution >= 0.6 is 0 Å². The quantitative estimate of drug-likeness (QED) is 0.779. The number of carbonyl (C=O) groups is 2. The predicted octanol–water partition coefficient (Wildman–Crippen LogP) is 3.09. The fraction of sp³-hybridized carbons (Fsp3) is 0.429. The highest BCUT2D eigenvalue weighted by molar-refractivity contribution is 5.89. The lowest BCUT2D eigenvalue weighted by Crippen LogP contribution is -2.37. The minimum atomic E-state index is -0.558. The van der Waals surface area contributed by atoms with Gasteiger partial charge < -0.3 is 15.8 Å². The largest absolute Gasteiger partial charge is 0.449 e. The van der Waals surface area contributed by atoms with Crippen LogP contribution in [0.25, 0.3) is 11.3 Å². The molecule has 0 bridgehead atoms. The number of nitrogens with zero attached hydrogens (tertiary/aromatic N) is 3. The molecule has 1 aliphatic heterocycles. The Hall–Kier alpha value is -3.23. The lowest BCUT2D eigenvalue weighted by atomic mass is 9.85. The van der Waals surface area contributed by atoms with Gasteiger partial charge in [-0.1, -0.05) is 18.6 Å². The number of halogens is 1. The lowest BCUT2D eigenvalue weighted by Gasteiger charge is -2.28. The van der Waals surface area contributed by atoms with E-state index in [9.17, 15) is 14.0 Å². The number of ether oxygens (including phenoxy) is 1. The number of hydrogen-bond acceptors (Lipinski definition) is 6. The fourth-order valence-corrected chi connectivity index (χ4v) is 4.01. The van der Waals surface area contributed by atoms with Gasteiger partial charge in [-0.05, 0) is 37.8 Å². The van der Waals surface area contributed by atoms with Gasteiger partial charge in [0.15, 0.2) is 5.82 Å². The van der Waals surface area contributed by atoms with Gasteiger partial charge in [-0.15, -0.1) is 0 Å². The number of carbonyl (C=O) groups excluding carboxylic acids is 2. The second-order valence-electron chi connectivity index (χ2n) is 7.67. The first-order valence-electron chi connectivity index (χ1n) is 10.1. The molecule has 3 N–H and O–H groups in total. The van der Waals surface area contributed by atoms with Crippen LogP contribution in [0.4, 0.5) is 20.8 Å². The summed E-state index contributed by atoms with van der Waals surface area (Å²) in [5, 5.41) is 3.21. The summed E-state index contributed by atoms with van der Waals surface area (Å²) < 4.78 is 19.6. The molecule has 2 aliphatic rings. The van der Waals surface area contributed by atoms with E-state index in [1.807, 2.05) is 0 Å². The summed E-state index contributed by atoms with van der Waals surface area (Å²) in [6, 6.07) is 6.98. The Labute approximate surface area is 173 Å². The second kappa shape index (κ2) is 8.64. The van der Waals surface area contributed by atoms with E-state index in [4.69, 9.17) is 10.5 Å². The summed E-state index contributed by atoms with van der Waals surface area (Å²) in [5.74, 6) is -0.727. The van der Waals surface area contributed by atoms with Crippen molar-refractivity contribution in [2.75, 3.05) is 23.4 Å². The van der Waals surface area contributed by atoms with Crippen LogP contribution in [0.5, 0.6) is 0 Å². The second-order valence-corrected chi connectivity index (χ2v) is 7.67. The first-order valence-corrected chi connectivity index (χ1v) is 10.1. The van der Waals surface area contributed by atoms with Crippen molar-refractivity contribution < 1.29 is 18.7 Å². The number of benzene rings is 1. The molecular formula is C21H24FN5O3. The van der Waals surface area contributed by atoms with Gasteiger partial charge in [-0.3, -0.25) is 9.69 Å². The summed E-state index contributed by atoms with van der Waals surface area (Å²) in [6.45, 7) is 0.951. The number of rotatable bonds is 5. The molecule has 2 amide bonds. The molecule has 158 valence electrons. The molecule has 1 aromatic carbocycles. The number of nitrogens with one attached hydrogen (secondary N) is 1. The molecule has 0 spiro atoms. The molecule has 8 nitrogen and oxygen atoms in total. The van der Waals surface area contributed by atoms with Crippen LogP contribution in [0.15, 0.2) is 30.5 Å². The molecule has 1 aromatic heterocycles. The molecule has 0 unspecified atom stereocenters. The van der Waals surface area contributed by atoms with E-state index in [-0.39, 0.29) is 23.6 Å². The van der Waals surface area contributed by atoms with Gasteiger partial charge in [0.25, 0.3) is 0 Å². The SMILES string of the molecule is NC(=O)[C@H]1CCC[C@@H](Nc2ncc(F)c(-c3cccc(N4CCCOC4=O)c3)n2)C1. The average molecular weight is 413 g/mol. The van der Waals surface area contributed by atoms with Gasteiger partial charge in [-0.2, -0.15) is 0 Å². The Morgan fingerprint density at radius 1 is 1.30 bits per heavy atom. The summed E-state index contributed by atoms with van der Waals surface area (Å²) in [5.41, 5.74) is 6.75. The van der Waals surface area contributed by atoms with Crippen LogP contribution in [0.3, 0.4) is 0 Å². The summed E-state index contributed by atoms with van der Waals surface area (Å²) in [7, 11) is 0. The molecule has 0 radical (unpaired) electrons. The first-order chi connectivity index (χ1) is 14.5. The zero-order valence-corrected chi connectivity index (χ0v) is 16.5. The predicted molar refractivity (Wildman–Crippen MR) is 109 cm³/mol. The van der Waals surface area contributed by atoms with Crippen molar-refractivity contribution in [1.29, 1.82) is 0 Å². The van der Waals surface area contributed by atoms with Gasteiger partial charge in [0.2, 0.25) is 11.9 Å². The molecule has 9 heteroatoms. The molecule has 2 aromatic rings. The first kappa shape index (κ1) is 20.1. The number of cyclic esters (lactones) is 1. The number of aromatic nitrogens is 2. The smallest absolute Gasteiger partial charge is 0.414 e. The van der Waals surface area contributed by atoms with E-state index >= 15 is 0 Å². The van der Waals surface area contributed by atoms with Gasteiger partial charge in [0.1, 0.15) is 5.69 Å². The van der Waals surface area contributed by atoms with E-state index in [1.54, 1.807) is 24.3 Å². The third kappa shape index (κ3) is 4.34. The van der Waals surface area contributed by atoms with Crippen molar-refractivity contribution in [3.05, 3.63) is 36.3 Å². The highest BCUT2D eigenvalue weighted by atomic mass is 19.1. The van der Waals surface area contributed by atoms with E-state index < -0.39 is 11.9 Å². The summed E-state index contributed by atoms with van der Waals surface area (Å²) in [4.78, 5) is 33.5. The Kier molecular flexibility index (Phi) is 5.78. The number of amides is 2. The highest BCUT2D eigenvalue weighted by Gasteiger charge is 2.26. The van der Waals surface area contributed by atoms with Gasteiger partial charge >= 0.3 is 6.09 Å². The average Bonchev–Trinajstić information content (AvgIpc) is 2.76. The van der Waals surface area contributed by atoms with Gasteiger partial charge in [-0.25, -0.2) is 19.2 Å². The number of anilines is 2. The monoisotopic (exact) mass is 413 g/mol. The third-order valence-corrected chi connectivity index (χ3v) is 5.56. The molecule has 30 heavy (non-hydrogen) atoms. The van der Waals surface area contributed by atoms with Crippen LogP contribution in [0.2, 0.25) is 0 Å². The highest BCUT2D eigenvalue weighted by Crippen LogP contribution is 2.29. The van der Waals surface area contributed by atoms with Crippen molar-refractivity contribution in [2.24, 2.45) is 11.7 Å². The minimum Gasteiger partial charge on any atom is -0.449 e. The van der Waals surface area contributed by atoms with Crippen molar-refractivity contribution in [2.45, 2.75) is 38.1 Å². The molecule has 4 rings (SSSR count). The number of primary amides is 1. The Bertz CT molecular complexity index is 954. The Morgan fingerprint density at radius 3 is 2.97 bits per heavy atom. The van der Waals surface area contributed by atoms with E-state index in [1.165, 1.54) is 4.90 Å². The molecule has 1 aliphatic carbocycles. The third-order valence-electron chi connectivity index (χ3n) is 5.56. The van der Waals surface area contributed by atoms with Crippen LogP contribution in [0, 0.1) is 11.7 Å². The van der Waals surface area contributed by atoms with Gasteiger partial charge in [0, 0.05) is 29.8 Å². The Balaban J connectivity index is 1.56. The molecule has 2 atom stereocenters. The Morgan fingerprint density at radius 2 is 2.17 bits per heavy atom. The normalized spacial score (nSPS) is 21.8. The topological polar surface area (TPSA) is 110 Å². The standard InChI is InChI=1S/C21H24FN5O3/c22-17-12-24-20(25-15-6-1-5-14(10-15)19(23)28)26-18(17)13-4-2-7-16(11-13)27-8-3-9-30-21(27)29/h2,4,7,11-12,14-15H,1,3,5-6,8-10H2,(H2,23,28)(H,24,25,26)/t14-,15+/m0/s1. The van der Waals surface area contributed by atoms with Gasteiger partial charge in [0.05, 0.1) is 12.8 Å². The maximum absolute atomic E-state index is 14.5. The zero-order chi connectivity index (χ0) is 21.1. The van der Waals surface area contributed by atoms with E-state index in [2.05, 4.69) is 15.3 Å². The number of nitrogens with two attached hydrogens (primary N) is 1. The van der Waals surface area contributed by atoms with E-state index in [0.29, 0.717) is 36.8 Å². The molecule has 1 saturated heterocycles.